The lowest BCUT2D eigenvalue weighted by Gasteiger charge is -2.34. The minimum absolute atomic E-state index is 0.0908. The van der Waals surface area contributed by atoms with Crippen molar-refractivity contribution in [2.24, 2.45) is 0 Å². The number of ether oxygens (including phenoxy) is 2. The lowest BCUT2D eigenvalue weighted by molar-refractivity contribution is -0.147. The lowest BCUT2D eigenvalue weighted by Crippen LogP contribution is -2.57. The van der Waals surface area contributed by atoms with Crippen molar-refractivity contribution < 1.29 is 23.9 Å². The Morgan fingerprint density at radius 3 is 2.19 bits per heavy atom. The molecule has 0 radical (unpaired) electrons. The summed E-state index contributed by atoms with van der Waals surface area (Å²) in [5, 5.41) is 2.76. The van der Waals surface area contributed by atoms with Gasteiger partial charge in [-0.2, -0.15) is 0 Å². The van der Waals surface area contributed by atoms with Crippen molar-refractivity contribution in [1.82, 2.24) is 10.2 Å². The molecule has 0 aliphatic carbocycles. The van der Waals surface area contributed by atoms with E-state index >= 15 is 0 Å². The van der Waals surface area contributed by atoms with E-state index in [0.717, 1.165) is 25.7 Å². The number of nitrogens with one attached hydrogen (secondary N) is 1. The Balaban J connectivity index is 1.74. The number of hydrogen-bond donors (Lipinski definition) is 1. The van der Waals surface area contributed by atoms with Gasteiger partial charge >= 0.3 is 5.97 Å². The number of nitrogens with zero attached hydrogens (tertiary/aromatic N) is 1. The predicted molar refractivity (Wildman–Crippen MR) is 142 cm³/mol. The molecule has 0 saturated carbocycles. The molecule has 202 valence electrons. The molecular weight excluding hydrogens is 456 g/mol. The SMILES string of the molecule is CCCCCCCCCCCCOC(=O)CC1C(=O)NCCN1C(=O)c1ccc(OC(C)CC)cc1. The number of carbonyl (C=O) groups excluding carboxylic acids is 3. The van der Waals surface area contributed by atoms with Crippen LogP contribution in [0.25, 0.3) is 0 Å². The van der Waals surface area contributed by atoms with E-state index in [-0.39, 0.29) is 24.3 Å². The van der Waals surface area contributed by atoms with Crippen LogP contribution in [0.4, 0.5) is 0 Å². The Hall–Kier alpha value is -2.57. The number of rotatable bonds is 17. The quantitative estimate of drug-likeness (QED) is 0.219. The van der Waals surface area contributed by atoms with Crippen LogP contribution < -0.4 is 10.1 Å². The van der Waals surface area contributed by atoms with Gasteiger partial charge in [0.25, 0.3) is 5.91 Å². The fourth-order valence-corrected chi connectivity index (χ4v) is 4.31. The van der Waals surface area contributed by atoms with Gasteiger partial charge in [-0.1, -0.05) is 71.6 Å². The molecule has 0 aromatic heterocycles. The summed E-state index contributed by atoms with van der Waals surface area (Å²) in [7, 11) is 0. The number of amides is 2. The van der Waals surface area contributed by atoms with Crippen LogP contribution in [0.1, 0.15) is 108 Å². The van der Waals surface area contributed by atoms with Gasteiger partial charge in [0, 0.05) is 18.7 Å². The minimum Gasteiger partial charge on any atom is -0.491 e. The highest BCUT2D eigenvalue weighted by Crippen LogP contribution is 2.19. The van der Waals surface area contributed by atoms with Crippen molar-refractivity contribution in [3.63, 3.8) is 0 Å². The zero-order chi connectivity index (χ0) is 26.2. The first kappa shape index (κ1) is 29.7. The van der Waals surface area contributed by atoms with Gasteiger partial charge in [-0.15, -0.1) is 0 Å². The van der Waals surface area contributed by atoms with E-state index in [0.29, 0.717) is 31.0 Å². The summed E-state index contributed by atoms with van der Waals surface area (Å²) in [6.07, 6.45) is 13.0. The molecule has 0 spiro atoms. The van der Waals surface area contributed by atoms with Gasteiger partial charge in [-0.25, -0.2) is 0 Å². The number of carbonyl (C=O) groups is 3. The molecule has 0 bridgehead atoms. The third-order valence-electron chi connectivity index (χ3n) is 6.73. The monoisotopic (exact) mass is 502 g/mol. The van der Waals surface area contributed by atoms with Gasteiger partial charge in [0.2, 0.25) is 5.91 Å². The molecule has 1 heterocycles. The van der Waals surface area contributed by atoms with E-state index in [1.807, 2.05) is 13.8 Å². The zero-order valence-corrected chi connectivity index (χ0v) is 22.6. The van der Waals surface area contributed by atoms with Crippen molar-refractivity contribution >= 4 is 17.8 Å². The number of esters is 1. The van der Waals surface area contributed by atoms with Crippen LogP contribution in [0.15, 0.2) is 24.3 Å². The third-order valence-corrected chi connectivity index (χ3v) is 6.73. The molecule has 1 aliphatic rings. The van der Waals surface area contributed by atoms with Crippen LogP contribution in [-0.4, -0.2) is 54.5 Å². The van der Waals surface area contributed by atoms with E-state index in [4.69, 9.17) is 9.47 Å². The van der Waals surface area contributed by atoms with E-state index in [9.17, 15) is 14.4 Å². The standard InChI is InChI=1S/C29H46N2O5/c1-4-6-7-8-9-10-11-12-13-14-21-35-27(32)22-26-28(33)30-19-20-31(26)29(34)24-15-17-25(18-16-24)36-23(3)5-2/h15-18,23,26H,4-14,19-22H2,1-3H3,(H,30,33). The molecule has 1 aromatic carbocycles. The Morgan fingerprint density at radius 2 is 1.58 bits per heavy atom. The number of benzene rings is 1. The van der Waals surface area contributed by atoms with Gasteiger partial charge in [0.1, 0.15) is 11.8 Å². The van der Waals surface area contributed by atoms with Crippen LogP contribution >= 0.6 is 0 Å². The molecule has 2 rings (SSSR count). The van der Waals surface area contributed by atoms with Crippen molar-refractivity contribution in [1.29, 1.82) is 0 Å². The number of piperazine rings is 1. The first-order chi connectivity index (χ1) is 17.5. The van der Waals surface area contributed by atoms with Crippen LogP contribution in [0.5, 0.6) is 5.75 Å². The van der Waals surface area contributed by atoms with Crippen molar-refractivity contribution in [3.8, 4) is 5.75 Å². The Kier molecular flexibility index (Phi) is 14.0. The van der Waals surface area contributed by atoms with Crippen molar-refractivity contribution in [3.05, 3.63) is 29.8 Å². The van der Waals surface area contributed by atoms with Gasteiger partial charge in [-0.05, 0) is 44.0 Å². The summed E-state index contributed by atoms with van der Waals surface area (Å²) in [4.78, 5) is 39.6. The Morgan fingerprint density at radius 1 is 0.972 bits per heavy atom. The van der Waals surface area contributed by atoms with Crippen molar-refractivity contribution in [2.75, 3.05) is 19.7 Å². The zero-order valence-electron chi connectivity index (χ0n) is 22.6. The lowest BCUT2D eigenvalue weighted by atomic mass is 10.1. The normalized spacial score (nSPS) is 16.4. The summed E-state index contributed by atoms with van der Waals surface area (Å²) in [6, 6.07) is 6.07. The molecule has 1 saturated heterocycles. The molecule has 2 unspecified atom stereocenters. The highest BCUT2D eigenvalue weighted by Gasteiger charge is 2.35. The molecule has 7 nitrogen and oxygen atoms in total. The first-order valence-corrected chi connectivity index (χ1v) is 14.0. The van der Waals surface area contributed by atoms with E-state index in [1.54, 1.807) is 24.3 Å². The van der Waals surface area contributed by atoms with E-state index < -0.39 is 12.0 Å². The van der Waals surface area contributed by atoms with E-state index in [2.05, 4.69) is 12.2 Å². The van der Waals surface area contributed by atoms with Crippen LogP contribution in [0.2, 0.25) is 0 Å². The topological polar surface area (TPSA) is 84.9 Å². The molecule has 1 aromatic rings. The molecule has 1 fully saturated rings. The summed E-state index contributed by atoms with van der Waals surface area (Å²) in [6.45, 7) is 7.35. The second-order valence-corrected chi connectivity index (χ2v) is 9.77. The van der Waals surface area contributed by atoms with Gasteiger partial charge in [0.15, 0.2) is 0 Å². The van der Waals surface area contributed by atoms with E-state index in [1.165, 1.54) is 49.8 Å². The fraction of sp³-hybridized carbons (Fsp3) is 0.690. The summed E-state index contributed by atoms with van der Waals surface area (Å²) >= 11 is 0. The third kappa shape index (κ3) is 10.6. The highest BCUT2D eigenvalue weighted by atomic mass is 16.5. The maximum Gasteiger partial charge on any atom is 0.308 e. The first-order valence-electron chi connectivity index (χ1n) is 14.0. The second-order valence-electron chi connectivity index (χ2n) is 9.77. The minimum atomic E-state index is -0.859. The molecule has 36 heavy (non-hydrogen) atoms. The predicted octanol–water partition coefficient (Wildman–Crippen LogP) is 5.66. The van der Waals surface area contributed by atoms with Crippen molar-refractivity contribution in [2.45, 2.75) is 110 Å². The molecular formula is C29H46N2O5. The molecule has 2 atom stereocenters. The Labute approximate surface area is 217 Å². The average Bonchev–Trinajstić information content (AvgIpc) is 2.88. The molecule has 2 amide bonds. The maximum atomic E-state index is 13.1. The molecule has 7 heteroatoms. The molecule has 1 N–H and O–H groups in total. The highest BCUT2D eigenvalue weighted by molar-refractivity contribution is 5.99. The number of hydrogen-bond acceptors (Lipinski definition) is 5. The second kappa shape index (κ2) is 17.0. The van der Waals surface area contributed by atoms with Crippen LogP contribution in [0.3, 0.4) is 0 Å². The number of unbranched alkanes of at least 4 members (excludes halogenated alkanes) is 9. The van der Waals surface area contributed by atoms with Crippen LogP contribution in [0, 0.1) is 0 Å². The average molecular weight is 503 g/mol. The van der Waals surface area contributed by atoms with Gasteiger partial charge in [-0.3, -0.25) is 14.4 Å². The van der Waals surface area contributed by atoms with Crippen LogP contribution in [-0.2, 0) is 14.3 Å². The Bertz CT molecular complexity index is 795. The smallest absolute Gasteiger partial charge is 0.308 e. The largest absolute Gasteiger partial charge is 0.491 e. The maximum absolute atomic E-state index is 13.1. The summed E-state index contributed by atoms with van der Waals surface area (Å²) in [5.74, 6) is -0.331. The van der Waals surface area contributed by atoms with Gasteiger partial charge < -0.3 is 19.7 Å². The summed E-state index contributed by atoms with van der Waals surface area (Å²) in [5.41, 5.74) is 0.463. The fourth-order valence-electron chi connectivity index (χ4n) is 4.31. The summed E-state index contributed by atoms with van der Waals surface area (Å²) < 4.78 is 11.2. The molecule has 1 aliphatic heterocycles. The van der Waals surface area contributed by atoms with Gasteiger partial charge in [0.05, 0.1) is 19.1 Å².